The van der Waals surface area contributed by atoms with Gasteiger partial charge in [-0.05, 0) is 31.6 Å². The summed E-state index contributed by atoms with van der Waals surface area (Å²) >= 11 is 0. The quantitative estimate of drug-likeness (QED) is 0.907. The summed E-state index contributed by atoms with van der Waals surface area (Å²) in [7, 11) is 3.82. The zero-order valence-corrected chi connectivity index (χ0v) is 12.7. The molecule has 1 aromatic rings. The highest BCUT2D eigenvalue weighted by Crippen LogP contribution is 2.37. The van der Waals surface area contributed by atoms with Crippen molar-refractivity contribution in [1.29, 1.82) is 0 Å². The van der Waals surface area contributed by atoms with Crippen LogP contribution in [0, 0.1) is 5.92 Å². The highest BCUT2D eigenvalue weighted by atomic mass is 16.2. The van der Waals surface area contributed by atoms with Crippen LogP contribution in [0.25, 0.3) is 0 Å². The Morgan fingerprint density at radius 1 is 1.33 bits per heavy atom. The molecule has 2 unspecified atom stereocenters. The number of fused-ring (bicyclic) bond motifs is 1. The van der Waals surface area contributed by atoms with E-state index in [1.807, 2.05) is 23.9 Å². The van der Waals surface area contributed by atoms with Crippen LogP contribution < -0.4 is 10.2 Å². The number of piperidine rings is 1. The Morgan fingerprint density at radius 2 is 2.14 bits per heavy atom. The molecule has 0 bridgehead atoms. The predicted octanol–water partition coefficient (Wildman–Crippen LogP) is 2.34. The van der Waals surface area contributed by atoms with E-state index in [1.54, 1.807) is 6.20 Å². The molecule has 6 heteroatoms. The van der Waals surface area contributed by atoms with Crippen molar-refractivity contribution < 1.29 is 4.79 Å². The van der Waals surface area contributed by atoms with Crippen LogP contribution in [0.5, 0.6) is 0 Å². The molecule has 1 saturated heterocycles. The highest BCUT2D eigenvalue weighted by molar-refractivity contribution is 5.92. The fourth-order valence-electron chi connectivity index (χ4n) is 3.66. The number of hydrogen-bond donors (Lipinski definition) is 1. The molecule has 1 N–H and O–H groups in total. The lowest BCUT2D eigenvalue weighted by atomic mass is 9.92. The molecule has 2 atom stereocenters. The molecular weight excluding hydrogens is 266 g/mol. The predicted molar refractivity (Wildman–Crippen MR) is 82.4 cm³/mol. The summed E-state index contributed by atoms with van der Waals surface area (Å²) in [5.41, 5.74) is 0.674. The van der Waals surface area contributed by atoms with Crippen LogP contribution in [0.1, 0.15) is 32.1 Å². The molecule has 1 aliphatic carbocycles. The third kappa shape index (κ3) is 2.80. The Hall–Kier alpha value is -1.85. The normalized spacial score (nSPS) is 24.6. The number of carbonyl (C=O) groups excluding carboxylic acids is 1. The Bertz CT molecular complexity index is 519. The van der Waals surface area contributed by atoms with Crippen LogP contribution in [0.4, 0.5) is 16.3 Å². The fraction of sp³-hybridized carbons (Fsp3) is 0.667. The van der Waals surface area contributed by atoms with Gasteiger partial charge in [-0.3, -0.25) is 0 Å². The number of amides is 2. The topological polar surface area (TPSA) is 61.4 Å². The Labute approximate surface area is 125 Å². The van der Waals surface area contributed by atoms with Crippen molar-refractivity contribution in [2.45, 2.75) is 38.1 Å². The molecule has 2 aliphatic rings. The fourth-order valence-corrected chi connectivity index (χ4v) is 3.66. The number of aromatic nitrogens is 2. The molecule has 1 saturated carbocycles. The molecule has 1 aromatic heterocycles. The molecule has 1 aliphatic heterocycles. The molecule has 3 rings (SSSR count). The average Bonchev–Trinajstić information content (AvgIpc) is 2.95. The smallest absolute Gasteiger partial charge is 0.322 e. The first-order valence-corrected chi connectivity index (χ1v) is 7.72. The summed E-state index contributed by atoms with van der Waals surface area (Å²) in [6, 6.07) is 0.413. The lowest BCUT2D eigenvalue weighted by Crippen LogP contribution is -2.48. The molecule has 2 amide bonds. The van der Waals surface area contributed by atoms with E-state index in [4.69, 9.17) is 0 Å². The summed E-state index contributed by atoms with van der Waals surface area (Å²) in [4.78, 5) is 24.8. The van der Waals surface area contributed by atoms with Crippen LogP contribution in [0.15, 0.2) is 12.5 Å². The number of nitrogens with one attached hydrogen (secondary N) is 1. The molecular formula is C15H23N5O. The number of anilines is 2. The van der Waals surface area contributed by atoms with E-state index in [1.165, 1.54) is 25.6 Å². The van der Waals surface area contributed by atoms with Gasteiger partial charge < -0.3 is 15.1 Å². The van der Waals surface area contributed by atoms with Crippen molar-refractivity contribution in [3.63, 3.8) is 0 Å². The number of carbonyl (C=O) groups is 1. The lowest BCUT2D eigenvalue weighted by molar-refractivity contribution is 0.138. The van der Waals surface area contributed by atoms with Crippen LogP contribution in [-0.2, 0) is 0 Å². The first-order chi connectivity index (χ1) is 10.2. The molecule has 6 nitrogen and oxygen atoms in total. The molecule has 2 heterocycles. The molecule has 0 spiro atoms. The second-order valence-corrected chi connectivity index (χ2v) is 6.18. The van der Waals surface area contributed by atoms with Crippen molar-refractivity contribution in [2.24, 2.45) is 5.92 Å². The minimum absolute atomic E-state index is 0.00972. The van der Waals surface area contributed by atoms with Gasteiger partial charge in [-0.2, -0.15) is 0 Å². The Balaban J connectivity index is 1.74. The van der Waals surface area contributed by atoms with E-state index in [0.29, 0.717) is 17.6 Å². The minimum atomic E-state index is -0.00972. The average molecular weight is 289 g/mol. The molecule has 0 aromatic carbocycles. The molecule has 0 radical (unpaired) electrons. The van der Waals surface area contributed by atoms with E-state index >= 15 is 0 Å². The van der Waals surface area contributed by atoms with Crippen LogP contribution >= 0.6 is 0 Å². The Kier molecular flexibility index (Phi) is 3.94. The lowest BCUT2D eigenvalue weighted by Gasteiger charge is -2.37. The summed E-state index contributed by atoms with van der Waals surface area (Å²) in [6.45, 7) is 0.859. The monoisotopic (exact) mass is 289 g/mol. The van der Waals surface area contributed by atoms with Gasteiger partial charge in [0, 0.05) is 26.7 Å². The van der Waals surface area contributed by atoms with Gasteiger partial charge in [0.2, 0.25) is 0 Å². The van der Waals surface area contributed by atoms with Crippen LogP contribution in [-0.4, -0.2) is 47.6 Å². The summed E-state index contributed by atoms with van der Waals surface area (Å²) in [5, 5.41) is 2.99. The van der Waals surface area contributed by atoms with E-state index in [-0.39, 0.29) is 6.03 Å². The van der Waals surface area contributed by atoms with Crippen molar-refractivity contribution >= 4 is 17.5 Å². The summed E-state index contributed by atoms with van der Waals surface area (Å²) < 4.78 is 0. The van der Waals surface area contributed by atoms with Gasteiger partial charge in [0.25, 0.3) is 0 Å². The number of nitrogens with zero attached hydrogens (tertiary/aromatic N) is 4. The second kappa shape index (κ2) is 5.87. The van der Waals surface area contributed by atoms with Crippen molar-refractivity contribution in [1.82, 2.24) is 14.9 Å². The SMILES string of the molecule is CN(C)c1ncncc1NC(=O)N1CCCC2CCCC21. The van der Waals surface area contributed by atoms with E-state index in [2.05, 4.69) is 15.3 Å². The first-order valence-electron chi connectivity index (χ1n) is 7.72. The first kappa shape index (κ1) is 14.1. The minimum Gasteiger partial charge on any atom is -0.361 e. The third-order valence-corrected chi connectivity index (χ3v) is 4.61. The standard InChI is InChI=1S/C15H23N5O/c1-19(2)14-12(9-16-10-17-14)18-15(21)20-8-4-6-11-5-3-7-13(11)20/h9-11,13H,3-8H2,1-2H3,(H,18,21). The van der Waals surface area contributed by atoms with Crippen molar-refractivity contribution in [3.8, 4) is 0 Å². The molecule has 2 fully saturated rings. The summed E-state index contributed by atoms with van der Waals surface area (Å²) in [5.74, 6) is 1.43. The highest BCUT2D eigenvalue weighted by Gasteiger charge is 2.37. The maximum Gasteiger partial charge on any atom is 0.322 e. The Morgan fingerprint density at radius 3 is 2.95 bits per heavy atom. The maximum absolute atomic E-state index is 12.6. The number of hydrogen-bond acceptors (Lipinski definition) is 4. The van der Waals surface area contributed by atoms with Gasteiger partial charge in [0.15, 0.2) is 5.82 Å². The van der Waals surface area contributed by atoms with Crippen molar-refractivity contribution in [3.05, 3.63) is 12.5 Å². The zero-order chi connectivity index (χ0) is 14.8. The van der Waals surface area contributed by atoms with E-state index in [9.17, 15) is 4.79 Å². The number of urea groups is 1. The van der Waals surface area contributed by atoms with Gasteiger partial charge in [-0.25, -0.2) is 14.8 Å². The zero-order valence-electron chi connectivity index (χ0n) is 12.7. The van der Waals surface area contributed by atoms with Gasteiger partial charge in [-0.1, -0.05) is 6.42 Å². The largest absolute Gasteiger partial charge is 0.361 e. The van der Waals surface area contributed by atoms with Gasteiger partial charge in [-0.15, -0.1) is 0 Å². The second-order valence-electron chi connectivity index (χ2n) is 6.18. The third-order valence-electron chi connectivity index (χ3n) is 4.61. The van der Waals surface area contributed by atoms with Crippen molar-refractivity contribution in [2.75, 3.05) is 30.9 Å². The summed E-state index contributed by atoms with van der Waals surface area (Å²) in [6.07, 6.45) is 9.20. The number of rotatable bonds is 2. The van der Waals surface area contributed by atoms with Gasteiger partial charge in [0.05, 0.1) is 6.20 Å². The van der Waals surface area contributed by atoms with Gasteiger partial charge >= 0.3 is 6.03 Å². The van der Waals surface area contributed by atoms with E-state index < -0.39 is 0 Å². The van der Waals surface area contributed by atoms with Crippen LogP contribution in [0.3, 0.4) is 0 Å². The maximum atomic E-state index is 12.6. The number of likely N-dealkylation sites (tertiary alicyclic amines) is 1. The van der Waals surface area contributed by atoms with E-state index in [0.717, 1.165) is 25.2 Å². The molecule has 114 valence electrons. The molecule has 21 heavy (non-hydrogen) atoms. The van der Waals surface area contributed by atoms with Gasteiger partial charge in [0.1, 0.15) is 12.0 Å². The van der Waals surface area contributed by atoms with Crippen LogP contribution in [0.2, 0.25) is 0 Å².